The summed E-state index contributed by atoms with van der Waals surface area (Å²) < 4.78 is 12.7. The van der Waals surface area contributed by atoms with Crippen LogP contribution in [0.2, 0.25) is 0 Å². The van der Waals surface area contributed by atoms with Crippen LogP contribution in [0.5, 0.6) is 0 Å². The summed E-state index contributed by atoms with van der Waals surface area (Å²) >= 11 is 1.01. The van der Waals surface area contributed by atoms with Crippen LogP contribution in [0.3, 0.4) is 0 Å². The molecule has 0 amide bonds. The van der Waals surface area contributed by atoms with E-state index in [1.165, 1.54) is 12.1 Å². The van der Waals surface area contributed by atoms with Gasteiger partial charge in [-0.25, -0.2) is 9.37 Å². The smallest absolute Gasteiger partial charge is 0.181 e. The number of fused-ring (bicyclic) bond motifs is 1. The Morgan fingerprint density at radius 3 is 3.08 bits per heavy atom. The van der Waals surface area contributed by atoms with Crippen molar-refractivity contribution in [2.24, 2.45) is 5.14 Å². The quantitative estimate of drug-likeness (QED) is 0.661. The molecular formula is C7H6FN3S. The van der Waals surface area contributed by atoms with Crippen molar-refractivity contribution in [3.63, 3.8) is 0 Å². The van der Waals surface area contributed by atoms with Gasteiger partial charge in [-0.1, -0.05) is 0 Å². The Morgan fingerprint density at radius 1 is 1.50 bits per heavy atom. The van der Waals surface area contributed by atoms with E-state index in [-0.39, 0.29) is 5.82 Å². The predicted molar refractivity (Wildman–Crippen MR) is 46.1 cm³/mol. The van der Waals surface area contributed by atoms with Crippen molar-refractivity contribution in [2.45, 2.75) is 5.16 Å². The molecule has 0 aliphatic carbocycles. The van der Waals surface area contributed by atoms with E-state index in [1.54, 1.807) is 6.07 Å². The molecule has 3 N–H and O–H groups in total. The Balaban J connectivity index is 2.67. The number of imidazole rings is 1. The summed E-state index contributed by atoms with van der Waals surface area (Å²) in [6, 6.07) is 4.37. The van der Waals surface area contributed by atoms with E-state index in [1.807, 2.05) is 0 Å². The standard InChI is InChI=1S/C7H6FN3S/c8-4-1-2-5-6(3-4)11-7(10-5)12-9/h1-3H,9H2,(H,10,11). The van der Waals surface area contributed by atoms with Crippen LogP contribution in [0.4, 0.5) is 4.39 Å². The third-order valence-corrected chi connectivity index (χ3v) is 1.95. The Kier molecular flexibility index (Phi) is 1.74. The monoisotopic (exact) mass is 183 g/mol. The molecule has 1 aromatic heterocycles. The Morgan fingerprint density at radius 2 is 2.33 bits per heavy atom. The Bertz CT molecular complexity index is 412. The van der Waals surface area contributed by atoms with Gasteiger partial charge in [0.1, 0.15) is 5.82 Å². The van der Waals surface area contributed by atoms with Gasteiger partial charge in [0.25, 0.3) is 0 Å². The van der Waals surface area contributed by atoms with Crippen molar-refractivity contribution < 1.29 is 4.39 Å². The Hall–Kier alpha value is -1.07. The lowest BCUT2D eigenvalue weighted by molar-refractivity contribution is 0.629. The van der Waals surface area contributed by atoms with Gasteiger partial charge in [-0.05, 0) is 30.1 Å². The third-order valence-electron chi connectivity index (χ3n) is 1.53. The molecule has 2 rings (SSSR count). The van der Waals surface area contributed by atoms with Crippen LogP contribution in [0.15, 0.2) is 23.4 Å². The second-order valence-electron chi connectivity index (χ2n) is 2.32. The van der Waals surface area contributed by atoms with Crippen molar-refractivity contribution in [3.05, 3.63) is 24.0 Å². The van der Waals surface area contributed by atoms with Gasteiger partial charge in [-0.3, -0.25) is 5.14 Å². The van der Waals surface area contributed by atoms with Gasteiger partial charge in [0.15, 0.2) is 5.16 Å². The fourth-order valence-corrected chi connectivity index (χ4v) is 1.33. The first-order chi connectivity index (χ1) is 5.79. The lowest BCUT2D eigenvalue weighted by Crippen LogP contribution is -1.79. The molecule has 3 nitrogen and oxygen atoms in total. The largest absolute Gasteiger partial charge is 0.332 e. The highest BCUT2D eigenvalue weighted by molar-refractivity contribution is 7.96. The zero-order valence-corrected chi connectivity index (χ0v) is 6.86. The number of nitrogens with zero attached hydrogens (tertiary/aromatic N) is 1. The van der Waals surface area contributed by atoms with E-state index in [0.29, 0.717) is 10.7 Å². The first kappa shape index (κ1) is 7.57. The highest BCUT2D eigenvalue weighted by Crippen LogP contribution is 2.16. The number of aromatic amines is 1. The topological polar surface area (TPSA) is 54.7 Å². The molecule has 62 valence electrons. The number of rotatable bonds is 1. The molecule has 5 heteroatoms. The number of hydrogen-bond acceptors (Lipinski definition) is 3. The van der Waals surface area contributed by atoms with Gasteiger partial charge in [-0.2, -0.15) is 0 Å². The SMILES string of the molecule is NSc1nc2ccc(F)cc2[nH]1. The van der Waals surface area contributed by atoms with Crippen LogP contribution >= 0.6 is 11.9 Å². The minimum absolute atomic E-state index is 0.278. The fraction of sp³-hybridized carbons (Fsp3) is 0. The summed E-state index contributed by atoms with van der Waals surface area (Å²) in [4.78, 5) is 6.96. The van der Waals surface area contributed by atoms with Gasteiger partial charge in [0.05, 0.1) is 11.0 Å². The molecule has 0 aliphatic rings. The molecule has 2 aromatic rings. The van der Waals surface area contributed by atoms with Gasteiger partial charge in [0.2, 0.25) is 0 Å². The number of benzene rings is 1. The van der Waals surface area contributed by atoms with Crippen LogP contribution < -0.4 is 5.14 Å². The number of nitrogens with two attached hydrogens (primary N) is 1. The van der Waals surface area contributed by atoms with Crippen molar-refractivity contribution in [2.75, 3.05) is 0 Å². The molecule has 0 unspecified atom stereocenters. The molecule has 0 radical (unpaired) electrons. The number of nitrogens with one attached hydrogen (secondary N) is 1. The summed E-state index contributed by atoms with van der Waals surface area (Å²) in [5.41, 5.74) is 1.40. The molecule has 1 heterocycles. The number of hydrogen-bond donors (Lipinski definition) is 2. The number of aromatic nitrogens is 2. The van der Waals surface area contributed by atoms with Gasteiger partial charge in [0, 0.05) is 0 Å². The van der Waals surface area contributed by atoms with Crippen molar-refractivity contribution in [3.8, 4) is 0 Å². The summed E-state index contributed by atoms with van der Waals surface area (Å²) in [7, 11) is 0. The first-order valence-electron chi connectivity index (χ1n) is 3.31. The van der Waals surface area contributed by atoms with Crippen LogP contribution in [0, 0.1) is 5.82 Å². The molecular weight excluding hydrogens is 177 g/mol. The molecule has 0 saturated heterocycles. The van der Waals surface area contributed by atoms with E-state index in [4.69, 9.17) is 5.14 Å². The molecule has 1 aromatic carbocycles. The van der Waals surface area contributed by atoms with E-state index < -0.39 is 0 Å². The zero-order chi connectivity index (χ0) is 8.55. The summed E-state index contributed by atoms with van der Waals surface area (Å²) in [6.45, 7) is 0. The van der Waals surface area contributed by atoms with Gasteiger partial charge < -0.3 is 4.98 Å². The molecule has 0 atom stereocenters. The maximum Gasteiger partial charge on any atom is 0.181 e. The maximum atomic E-state index is 12.7. The normalized spacial score (nSPS) is 10.8. The average molecular weight is 183 g/mol. The summed E-state index contributed by atoms with van der Waals surface area (Å²) in [6.07, 6.45) is 0. The number of H-pyrrole nitrogens is 1. The summed E-state index contributed by atoms with van der Waals surface area (Å²) in [5.74, 6) is -0.278. The Labute approximate surface area is 72.3 Å². The van der Waals surface area contributed by atoms with Crippen LogP contribution in [-0.2, 0) is 0 Å². The average Bonchev–Trinajstić information content (AvgIpc) is 2.46. The van der Waals surface area contributed by atoms with E-state index in [2.05, 4.69) is 9.97 Å². The minimum Gasteiger partial charge on any atom is -0.332 e. The molecule has 0 fully saturated rings. The van der Waals surface area contributed by atoms with E-state index >= 15 is 0 Å². The lowest BCUT2D eigenvalue weighted by Gasteiger charge is -1.86. The van der Waals surface area contributed by atoms with Gasteiger partial charge >= 0.3 is 0 Å². The lowest BCUT2D eigenvalue weighted by atomic mass is 10.3. The molecule has 12 heavy (non-hydrogen) atoms. The molecule has 0 spiro atoms. The molecule has 0 saturated carbocycles. The van der Waals surface area contributed by atoms with E-state index in [9.17, 15) is 4.39 Å². The first-order valence-corrected chi connectivity index (χ1v) is 4.19. The minimum atomic E-state index is -0.278. The fourth-order valence-electron chi connectivity index (χ4n) is 1.01. The molecule has 0 bridgehead atoms. The maximum absolute atomic E-state index is 12.7. The zero-order valence-electron chi connectivity index (χ0n) is 6.04. The van der Waals surface area contributed by atoms with Crippen LogP contribution in [-0.4, -0.2) is 9.97 Å². The highest BCUT2D eigenvalue weighted by atomic mass is 32.2. The van der Waals surface area contributed by atoms with Crippen molar-refractivity contribution in [1.82, 2.24) is 9.97 Å². The summed E-state index contributed by atoms with van der Waals surface area (Å²) in [5, 5.41) is 5.87. The van der Waals surface area contributed by atoms with Crippen LogP contribution in [0.25, 0.3) is 11.0 Å². The third kappa shape index (κ3) is 1.17. The van der Waals surface area contributed by atoms with Gasteiger partial charge in [-0.15, -0.1) is 0 Å². The van der Waals surface area contributed by atoms with Crippen molar-refractivity contribution in [1.29, 1.82) is 0 Å². The second kappa shape index (κ2) is 2.76. The second-order valence-corrected chi connectivity index (χ2v) is 2.94. The number of halogens is 1. The molecule has 0 aliphatic heterocycles. The van der Waals surface area contributed by atoms with Crippen LogP contribution in [0.1, 0.15) is 0 Å². The predicted octanol–water partition coefficient (Wildman–Crippen LogP) is 1.67. The van der Waals surface area contributed by atoms with E-state index in [0.717, 1.165) is 17.5 Å². The highest BCUT2D eigenvalue weighted by Gasteiger charge is 2.01. The van der Waals surface area contributed by atoms with Crippen molar-refractivity contribution >= 4 is 23.0 Å².